The predicted molar refractivity (Wildman–Crippen MR) is 60.0 cm³/mol. The first-order valence-electron chi connectivity index (χ1n) is 5.76. The molecular weight excluding hydrogens is 207 g/mol. The lowest BCUT2D eigenvalue weighted by atomic mass is 9.95. The van der Waals surface area contributed by atoms with E-state index in [-0.39, 0.29) is 18.0 Å². The molecule has 3 heteroatoms. The molecule has 88 valence electrons. The Morgan fingerprint density at radius 2 is 2.19 bits per heavy atom. The summed E-state index contributed by atoms with van der Waals surface area (Å²) < 4.78 is 18.7. The van der Waals surface area contributed by atoms with Crippen molar-refractivity contribution in [3.8, 4) is 5.75 Å². The van der Waals surface area contributed by atoms with Crippen molar-refractivity contribution < 1.29 is 14.2 Å². The van der Waals surface area contributed by atoms with Crippen LogP contribution in [0.25, 0.3) is 0 Å². The quantitative estimate of drug-likeness (QED) is 0.837. The summed E-state index contributed by atoms with van der Waals surface area (Å²) in [6.45, 7) is 1.83. The van der Waals surface area contributed by atoms with E-state index in [1.165, 1.54) is 12.1 Å². The van der Waals surface area contributed by atoms with Crippen LogP contribution in [0.2, 0.25) is 0 Å². The molecule has 1 saturated carbocycles. The van der Waals surface area contributed by atoms with Crippen molar-refractivity contribution in [2.45, 2.75) is 44.8 Å². The molecule has 0 aromatic heterocycles. The molecule has 1 aromatic carbocycles. The van der Waals surface area contributed by atoms with Gasteiger partial charge in [0.2, 0.25) is 0 Å². The van der Waals surface area contributed by atoms with Crippen molar-refractivity contribution in [3.63, 3.8) is 0 Å². The molecule has 16 heavy (non-hydrogen) atoms. The van der Waals surface area contributed by atoms with Gasteiger partial charge in [0.25, 0.3) is 0 Å². The monoisotopic (exact) mass is 224 g/mol. The maximum atomic E-state index is 12.9. The SMILES string of the molecule is Cc1cc(F)ccc1OC1CCCC(O)C1. The molecule has 2 unspecified atom stereocenters. The summed E-state index contributed by atoms with van der Waals surface area (Å²) in [5, 5.41) is 9.53. The van der Waals surface area contributed by atoms with Gasteiger partial charge in [-0.05, 0) is 49.9 Å². The lowest BCUT2D eigenvalue weighted by Crippen LogP contribution is -2.28. The van der Waals surface area contributed by atoms with E-state index in [1.54, 1.807) is 6.07 Å². The van der Waals surface area contributed by atoms with Crippen LogP contribution >= 0.6 is 0 Å². The van der Waals surface area contributed by atoms with Crippen LogP contribution in [0.15, 0.2) is 18.2 Å². The van der Waals surface area contributed by atoms with Crippen molar-refractivity contribution in [3.05, 3.63) is 29.6 Å². The molecule has 1 fully saturated rings. The predicted octanol–water partition coefficient (Wildman–Crippen LogP) is 2.82. The highest BCUT2D eigenvalue weighted by molar-refractivity contribution is 5.32. The molecule has 0 heterocycles. The Balaban J connectivity index is 2.02. The lowest BCUT2D eigenvalue weighted by Gasteiger charge is -2.27. The molecule has 0 bridgehead atoms. The van der Waals surface area contributed by atoms with E-state index in [2.05, 4.69) is 0 Å². The molecule has 1 aliphatic carbocycles. The maximum Gasteiger partial charge on any atom is 0.123 e. The fraction of sp³-hybridized carbons (Fsp3) is 0.538. The van der Waals surface area contributed by atoms with Gasteiger partial charge in [-0.1, -0.05) is 0 Å². The minimum atomic E-state index is -0.250. The first-order valence-corrected chi connectivity index (χ1v) is 5.76. The second-order valence-electron chi connectivity index (χ2n) is 4.47. The van der Waals surface area contributed by atoms with E-state index >= 15 is 0 Å². The van der Waals surface area contributed by atoms with Crippen LogP contribution in [-0.2, 0) is 0 Å². The zero-order chi connectivity index (χ0) is 11.5. The lowest BCUT2D eigenvalue weighted by molar-refractivity contribution is 0.0532. The van der Waals surface area contributed by atoms with Crippen LogP contribution in [0, 0.1) is 12.7 Å². The van der Waals surface area contributed by atoms with E-state index in [9.17, 15) is 9.50 Å². The van der Waals surface area contributed by atoms with Crippen LogP contribution < -0.4 is 4.74 Å². The van der Waals surface area contributed by atoms with Crippen LogP contribution in [-0.4, -0.2) is 17.3 Å². The molecule has 2 rings (SSSR count). The Labute approximate surface area is 95.1 Å². The number of aliphatic hydroxyl groups is 1. The van der Waals surface area contributed by atoms with Gasteiger partial charge < -0.3 is 9.84 Å². The smallest absolute Gasteiger partial charge is 0.123 e. The minimum absolute atomic E-state index is 0.0629. The second kappa shape index (κ2) is 4.83. The Morgan fingerprint density at radius 1 is 1.38 bits per heavy atom. The number of hydrogen-bond acceptors (Lipinski definition) is 2. The Bertz CT molecular complexity index is 365. The number of aryl methyl sites for hydroxylation is 1. The third-order valence-electron chi connectivity index (χ3n) is 3.03. The summed E-state index contributed by atoms with van der Waals surface area (Å²) in [6, 6.07) is 4.53. The normalized spacial score (nSPS) is 25.4. The van der Waals surface area contributed by atoms with Gasteiger partial charge in [-0.3, -0.25) is 0 Å². The van der Waals surface area contributed by atoms with Gasteiger partial charge in [0.05, 0.1) is 6.10 Å². The van der Waals surface area contributed by atoms with Gasteiger partial charge in [0.15, 0.2) is 0 Å². The summed E-state index contributed by atoms with van der Waals surface area (Å²) >= 11 is 0. The Hall–Kier alpha value is -1.09. The molecule has 0 aliphatic heterocycles. The molecule has 2 nitrogen and oxygen atoms in total. The topological polar surface area (TPSA) is 29.5 Å². The standard InChI is InChI=1S/C13H17FO2/c1-9-7-10(14)5-6-13(9)16-12-4-2-3-11(15)8-12/h5-7,11-12,15H,2-4,8H2,1H3. The number of rotatable bonds is 2. The molecule has 1 N–H and O–H groups in total. The zero-order valence-corrected chi connectivity index (χ0v) is 9.45. The third-order valence-corrected chi connectivity index (χ3v) is 3.03. The number of halogens is 1. The highest BCUT2D eigenvalue weighted by atomic mass is 19.1. The first kappa shape index (κ1) is 11.4. The second-order valence-corrected chi connectivity index (χ2v) is 4.47. The van der Waals surface area contributed by atoms with E-state index < -0.39 is 0 Å². The van der Waals surface area contributed by atoms with Crippen molar-refractivity contribution in [1.82, 2.24) is 0 Å². The zero-order valence-electron chi connectivity index (χ0n) is 9.45. The van der Waals surface area contributed by atoms with Gasteiger partial charge in [0.1, 0.15) is 17.7 Å². The molecule has 0 amide bonds. The highest BCUT2D eigenvalue weighted by Crippen LogP contribution is 2.26. The molecule has 2 atom stereocenters. The average Bonchev–Trinajstić information content (AvgIpc) is 2.22. The van der Waals surface area contributed by atoms with E-state index in [0.717, 1.165) is 30.6 Å². The summed E-state index contributed by atoms with van der Waals surface area (Å²) in [6.07, 6.45) is 3.31. The Morgan fingerprint density at radius 3 is 2.88 bits per heavy atom. The summed E-state index contributed by atoms with van der Waals surface area (Å²) in [5.41, 5.74) is 0.806. The highest BCUT2D eigenvalue weighted by Gasteiger charge is 2.21. The fourth-order valence-corrected chi connectivity index (χ4v) is 2.15. The average molecular weight is 224 g/mol. The maximum absolute atomic E-state index is 12.9. The molecule has 0 radical (unpaired) electrons. The summed E-state index contributed by atoms with van der Waals surface area (Å²) in [7, 11) is 0. The number of hydrogen-bond donors (Lipinski definition) is 1. The van der Waals surface area contributed by atoms with Crippen molar-refractivity contribution in [2.75, 3.05) is 0 Å². The van der Waals surface area contributed by atoms with Gasteiger partial charge in [-0.15, -0.1) is 0 Å². The van der Waals surface area contributed by atoms with Gasteiger partial charge in [-0.25, -0.2) is 4.39 Å². The van der Waals surface area contributed by atoms with Gasteiger partial charge in [-0.2, -0.15) is 0 Å². The van der Waals surface area contributed by atoms with Crippen molar-refractivity contribution >= 4 is 0 Å². The summed E-state index contributed by atoms with van der Waals surface area (Å²) in [4.78, 5) is 0. The number of ether oxygens (including phenoxy) is 1. The van der Waals surface area contributed by atoms with Gasteiger partial charge >= 0.3 is 0 Å². The molecule has 1 aromatic rings. The first-order chi connectivity index (χ1) is 7.65. The largest absolute Gasteiger partial charge is 0.490 e. The molecule has 0 spiro atoms. The summed E-state index contributed by atoms with van der Waals surface area (Å²) in [5.74, 6) is 0.481. The number of benzene rings is 1. The van der Waals surface area contributed by atoms with Crippen molar-refractivity contribution in [1.29, 1.82) is 0 Å². The Kier molecular flexibility index (Phi) is 3.44. The van der Waals surface area contributed by atoms with E-state index in [0.29, 0.717) is 6.42 Å². The molecule has 0 saturated heterocycles. The number of aliphatic hydroxyl groups excluding tert-OH is 1. The van der Waals surface area contributed by atoms with Gasteiger partial charge in [0, 0.05) is 6.42 Å². The van der Waals surface area contributed by atoms with Crippen LogP contribution in [0.1, 0.15) is 31.2 Å². The van der Waals surface area contributed by atoms with Crippen LogP contribution in [0.4, 0.5) is 4.39 Å². The molecular formula is C13H17FO2. The van der Waals surface area contributed by atoms with Crippen LogP contribution in [0.5, 0.6) is 5.75 Å². The van der Waals surface area contributed by atoms with E-state index in [4.69, 9.17) is 4.74 Å². The van der Waals surface area contributed by atoms with E-state index in [1.807, 2.05) is 6.92 Å². The van der Waals surface area contributed by atoms with Crippen LogP contribution in [0.3, 0.4) is 0 Å². The molecule has 1 aliphatic rings. The fourth-order valence-electron chi connectivity index (χ4n) is 2.15. The third kappa shape index (κ3) is 2.73. The minimum Gasteiger partial charge on any atom is -0.490 e. The van der Waals surface area contributed by atoms with Crippen molar-refractivity contribution in [2.24, 2.45) is 0 Å².